The van der Waals surface area contributed by atoms with Gasteiger partial charge in [0.25, 0.3) is 0 Å². The number of nitrogens with one attached hydrogen (secondary N) is 1. The van der Waals surface area contributed by atoms with E-state index in [1.165, 1.54) is 0 Å². The van der Waals surface area contributed by atoms with Crippen molar-refractivity contribution in [3.63, 3.8) is 0 Å². The quantitative estimate of drug-likeness (QED) is 0.835. The predicted octanol–water partition coefficient (Wildman–Crippen LogP) is 2.38. The lowest BCUT2D eigenvalue weighted by molar-refractivity contribution is -0.123. The number of aryl methyl sites for hydroxylation is 1. The molecule has 1 N–H and O–H groups in total. The molecule has 0 saturated carbocycles. The van der Waals surface area contributed by atoms with Crippen molar-refractivity contribution >= 4 is 11.7 Å². The molecule has 16 heavy (non-hydrogen) atoms. The number of pyridine rings is 1. The van der Waals surface area contributed by atoms with Gasteiger partial charge in [-0.3, -0.25) is 4.79 Å². The number of carbonyl (C=O) groups excluding carboxylic acids is 1. The summed E-state index contributed by atoms with van der Waals surface area (Å²) in [5, 5.41) is 2.75. The van der Waals surface area contributed by atoms with Gasteiger partial charge < -0.3 is 10.1 Å². The van der Waals surface area contributed by atoms with E-state index in [9.17, 15) is 4.79 Å². The van der Waals surface area contributed by atoms with Crippen LogP contribution < -0.4 is 10.1 Å². The number of carbonyl (C=O) groups is 1. The Morgan fingerprint density at radius 1 is 1.38 bits per heavy atom. The minimum atomic E-state index is -0.431. The Hall–Kier alpha value is -1.58. The molecule has 4 nitrogen and oxygen atoms in total. The lowest BCUT2D eigenvalue weighted by Gasteiger charge is -2.17. The van der Waals surface area contributed by atoms with Gasteiger partial charge in [-0.15, -0.1) is 0 Å². The number of hydrogen-bond donors (Lipinski definition) is 1. The van der Waals surface area contributed by atoms with Crippen LogP contribution in [0.5, 0.6) is 5.88 Å². The molecule has 88 valence electrons. The third-order valence-corrected chi connectivity index (χ3v) is 2.17. The summed E-state index contributed by atoms with van der Waals surface area (Å²) in [6, 6.07) is 3.63. The van der Waals surface area contributed by atoms with Crippen molar-refractivity contribution in [1.82, 2.24) is 4.98 Å². The van der Waals surface area contributed by atoms with Crippen molar-refractivity contribution in [2.24, 2.45) is 5.41 Å². The highest BCUT2D eigenvalue weighted by molar-refractivity contribution is 5.93. The van der Waals surface area contributed by atoms with E-state index in [-0.39, 0.29) is 5.91 Å². The number of methoxy groups -OCH3 is 1. The van der Waals surface area contributed by atoms with Gasteiger partial charge in [-0.1, -0.05) is 26.8 Å². The maximum atomic E-state index is 11.7. The highest BCUT2D eigenvalue weighted by Crippen LogP contribution is 2.20. The lowest BCUT2D eigenvalue weighted by Crippen LogP contribution is -2.28. The monoisotopic (exact) mass is 222 g/mol. The first-order valence-electron chi connectivity index (χ1n) is 5.17. The molecule has 0 atom stereocenters. The largest absolute Gasteiger partial charge is 0.481 e. The number of rotatable bonds is 2. The van der Waals surface area contributed by atoms with E-state index in [4.69, 9.17) is 4.74 Å². The zero-order valence-electron chi connectivity index (χ0n) is 10.4. The fraction of sp³-hybridized carbons (Fsp3) is 0.500. The van der Waals surface area contributed by atoms with Crippen molar-refractivity contribution in [3.8, 4) is 5.88 Å². The topological polar surface area (TPSA) is 51.2 Å². The predicted molar refractivity (Wildman–Crippen MR) is 63.6 cm³/mol. The molecule has 0 aliphatic carbocycles. The molecule has 4 heteroatoms. The van der Waals surface area contributed by atoms with E-state index in [0.29, 0.717) is 11.7 Å². The Bertz CT molecular complexity index is 394. The normalized spacial score (nSPS) is 11.1. The minimum Gasteiger partial charge on any atom is -0.481 e. The Balaban J connectivity index is 2.87. The van der Waals surface area contributed by atoms with Crippen molar-refractivity contribution in [1.29, 1.82) is 0 Å². The van der Waals surface area contributed by atoms with Gasteiger partial charge in [-0.05, 0) is 13.0 Å². The standard InChI is InChI=1S/C12H18N2O2/c1-8-6-7-9(13-10(8)16-5)14-11(15)12(2,3)4/h6-7H,1-5H3,(H,13,14,15). The summed E-state index contributed by atoms with van der Waals surface area (Å²) in [6.07, 6.45) is 0. The first-order chi connectivity index (χ1) is 7.34. The van der Waals surface area contributed by atoms with Crippen LogP contribution in [0.2, 0.25) is 0 Å². The third kappa shape index (κ3) is 2.95. The van der Waals surface area contributed by atoms with Crippen LogP contribution in [-0.2, 0) is 4.79 Å². The Kier molecular flexibility index (Phi) is 3.52. The molecule has 0 aromatic carbocycles. The molecule has 1 aromatic rings. The molecule has 0 aliphatic heterocycles. The summed E-state index contributed by atoms with van der Waals surface area (Å²) in [4.78, 5) is 15.9. The van der Waals surface area contributed by atoms with Crippen molar-refractivity contribution in [2.45, 2.75) is 27.7 Å². The average molecular weight is 222 g/mol. The number of amides is 1. The summed E-state index contributed by atoms with van der Waals surface area (Å²) in [7, 11) is 1.56. The van der Waals surface area contributed by atoms with Crippen molar-refractivity contribution in [3.05, 3.63) is 17.7 Å². The molecule has 0 saturated heterocycles. The Morgan fingerprint density at radius 2 is 2.00 bits per heavy atom. The van der Waals surface area contributed by atoms with Crippen LogP contribution in [0.4, 0.5) is 5.82 Å². The number of anilines is 1. The molecule has 1 aromatic heterocycles. The molecule has 0 radical (unpaired) electrons. The van der Waals surface area contributed by atoms with Crippen LogP contribution in [0.3, 0.4) is 0 Å². The van der Waals surface area contributed by atoms with Crippen molar-refractivity contribution < 1.29 is 9.53 Å². The van der Waals surface area contributed by atoms with Gasteiger partial charge in [0, 0.05) is 11.0 Å². The molecular formula is C12H18N2O2. The molecule has 1 heterocycles. The zero-order valence-corrected chi connectivity index (χ0v) is 10.4. The fourth-order valence-electron chi connectivity index (χ4n) is 1.09. The number of nitrogens with zero attached hydrogens (tertiary/aromatic N) is 1. The summed E-state index contributed by atoms with van der Waals surface area (Å²) < 4.78 is 5.09. The molecule has 0 fully saturated rings. The van der Waals surface area contributed by atoms with Gasteiger partial charge in [0.2, 0.25) is 11.8 Å². The molecule has 0 bridgehead atoms. The van der Waals surface area contributed by atoms with Gasteiger partial charge in [0.15, 0.2) is 0 Å². The first-order valence-corrected chi connectivity index (χ1v) is 5.17. The number of ether oxygens (including phenoxy) is 1. The number of hydrogen-bond acceptors (Lipinski definition) is 3. The molecule has 0 aliphatic rings. The van der Waals surface area contributed by atoms with Gasteiger partial charge in [-0.2, -0.15) is 4.98 Å². The van der Waals surface area contributed by atoms with E-state index in [1.807, 2.05) is 33.8 Å². The summed E-state index contributed by atoms with van der Waals surface area (Å²) >= 11 is 0. The first kappa shape index (κ1) is 12.5. The molecule has 0 spiro atoms. The van der Waals surface area contributed by atoms with E-state index >= 15 is 0 Å². The third-order valence-electron chi connectivity index (χ3n) is 2.17. The van der Waals surface area contributed by atoms with Gasteiger partial charge in [0.1, 0.15) is 5.82 Å². The summed E-state index contributed by atoms with van der Waals surface area (Å²) in [6.45, 7) is 7.47. The summed E-state index contributed by atoms with van der Waals surface area (Å²) in [5.41, 5.74) is 0.510. The maximum Gasteiger partial charge on any atom is 0.230 e. The van der Waals surface area contributed by atoms with Crippen LogP contribution in [0.15, 0.2) is 12.1 Å². The second kappa shape index (κ2) is 4.51. The Morgan fingerprint density at radius 3 is 2.50 bits per heavy atom. The molecule has 0 unspecified atom stereocenters. The molecule has 1 amide bonds. The average Bonchev–Trinajstić information content (AvgIpc) is 2.19. The van der Waals surface area contributed by atoms with Gasteiger partial charge in [0.05, 0.1) is 7.11 Å². The minimum absolute atomic E-state index is 0.0640. The fourth-order valence-corrected chi connectivity index (χ4v) is 1.09. The lowest BCUT2D eigenvalue weighted by atomic mass is 9.96. The van der Waals surface area contributed by atoms with E-state index in [2.05, 4.69) is 10.3 Å². The summed E-state index contributed by atoms with van der Waals surface area (Å²) in [5.74, 6) is 0.986. The smallest absolute Gasteiger partial charge is 0.230 e. The Labute approximate surface area is 96.0 Å². The second-order valence-corrected chi connectivity index (χ2v) is 4.73. The maximum absolute atomic E-state index is 11.7. The van der Waals surface area contributed by atoms with Crippen LogP contribution in [0, 0.1) is 12.3 Å². The highest BCUT2D eigenvalue weighted by Gasteiger charge is 2.21. The van der Waals surface area contributed by atoms with Crippen LogP contribution >= 0.6 is 0 Å². The SMILES string of the molecule is COc1nc(NC(=O)C(C)(C)C)ccc1C. The van der Waals surface area contributed by atoms with Gasteiger partial charge >= 0.3 is 0 Å². The second-order valence-electron chi connectivity index (χ2n) is 4.73. The van der Waals surface area contributed by atoms with Crippen LogP contribution in [0.25, 0.3) is 0 Å². The van der Waals surface area contributed by atoms with Crippen LogP contribution in [-0.4, -0.2) is 18.0 Å². The highest BCUT2D eigenvalue weighted by atomic mass is 16.5. The van der Waals surface area contributed by atoms with Crippen LogP contribution in [0.1, 0.15) is 26.3 Å². The van der Waals surface area contributed by atoms with E-state index < -0.39 is 5.41 Å². The van der Waals surface area contributed by atoms with E-state index in [0.717, 1.165) is 5.56 Å². The number of aromatic nitrogens is 1. The molecule has 1 rings (SSSR count). The zero-order chi connectivity index (χ0) is 12.3. The van der Waals surface area contributed by atoms with Crippen molar-refractivity contribution in [2.75, 3.05) is 12.4 Å². The van der Waals surface area contributed by atoms with Gasteiger partial charge in [-0.25, -0.2) is 0 Å². The van der Waals surface area contributed by atoms with E-state index in [1.54, 1.807) is 13.2 Å². The molecular weight excluding hydrogens is 204 g/mol.